The van der Waals surface area contributed by atoms with Gasteiger partial charge in [0.2, 0.25) is 0 Å². The van der Waals surface area contributed by atoms with Crippen LogP contribution in [0.1, 0.15) is 232 Å². The molecular weight excluding hydrogens is 885 g/mol. The van der Waals surface area contributed by atoms with Crippen LogP contribution in [-0.4, -0.2) is 97.5 Å². The molecule has 0 spiro atoms. The topological polar surface area (TPSA) is 178 Å². The third kappa shape index (κ3) is 38.8. The first kappa shape index (κ1) is 64.1. The van der Waals surface area contributed by atoms with Crippen molar-refractivity contribution in [3.05, 3.63) is 48.6 Å². The second-order valence-corrected chi connectivity index (χ2v) is 19.8. The highest BCUT2D eigenvalue weighted by Gasteiger charge is 2.48. The Bertz CT molecular complexity index is 1370. The Morgan fingerprint density at radius 3 is 1.49 bits per heavy atom. The van der Waals surface area contributed by atoms with Gasteiger partial charge in [0.05, 0.1) is 19.8 Å². The molecule has 1 aliphatic rings. The number of aliphatic hydroxyl groups is 3. The summed E-state index contributed by atoms with van der Waals surface area (Å²) in [5.41, 5.74) is 0. The highest BCUT2D eigenvalue weighted by molar-refractivity contribution is 7.80. The zero-order valence-corrected chi connectivity index (χ0v) is 43.7. The van der Waals surface area contributed by atoms with Crippen LogP contribution in [0.2, 0.25) is 0 Å². The molecule has 0 aromatic rings. The zero-order chi connectivity index (χ0) is 49.6. The zero-order valence-electron chi connectivity index (χ0n) is 42.9. The van der Waals surface area contributed by atoms with Crippen LogP contribution in [0.15, 0.2) is 48.6 Å². The van der Waals surface area contributed by atoms with Crippen LogP contribution < -0.4 is 0 Å². The van der Waals surface area contributed by atoms with Crippen LogP contribution in [0.25, 0.3) is 0 Å². The van der Waals surface area contributed by atoms with E-state index in [2.05, 4.69) is 66.6 Å². The summed E-state index contributed by atoms with van der Waals surface area (Å²) in [4.78, 5) is 12.9. The Morgan fingerprint density at radius 1 is 0.574 bits per heavy atom. The minimum atomic E-state index is -5.07. The summed E-state index contributed by atoms with van der Waals surface area (Å²) < 4.78 is 59.4. The molecule has 0 radical (unpaired) electrons. The first-order chi connectivity index (χ1) is 33.1. The second-order valence-electron chi connectivity index (χ2n) is 18.8. The minimum absolute atomic E-state index is 0.0334. The van der Waals surface area contributed by atoms with Gasteiger partial charge in [0.25, 0.3) is 0 Å². The largest absolute Gasteiger partial charge is 0.457 e. The van der Waals surface area contributed by atoms with Gasteiger partial charge in [0, 0.05) is 13.0 Å². The highest BCUT2D eigenvalue weighted by atomic mass is 32.3. The van der Waals surface area contributed by atoms with Crippen LogP contribution in [0, 0.1) is 0 Å². The molecule has 1 fully saturated rings. The fraction of sp³-hybridized carbons (Fsp3) is 0.836. The number of rotatable bonds is 48. The van der Waals surface area contributed by atoms with E-state index >= 15 is 0 Å². The lowest BCUT2D eigenvalue weighted by Gasteiger charge is -2.41. The van der Waals surface area contributed by atoms with Crippen molar-refractivity contribution in [2.24, 2.45) is 0 Å². The number of carbonyl (C=O) groups is 1. The summed E-state index contributed by atoms with van der Waals surface area (Å²) in [6.45, 7) is 3.90. The number of hydrogen-bond acceptors (Lipinski definition) is 11. The Morgan fingerprint density at radius 2 is 1.01 bits per heavy atom. The monoisotopic (exact) mass is 985 g/mol. The first-order valence-electron chi connectivity index (χ1n) is 27.4. The molecule has 1 saturated heterocycles. The molecule has 12 nitrogen and oxygen atoms in total. The molecule has 0 aromatic carbocycles. The Hall–Kier alpha value is -1.94. The van der Waals surface area contributed by atoms with Crippen molar-refractivity contribution in [2.75, 3.05) is 26.4 Å². The number of aliphatic hydroxyl groups excluding tert-OH is 3. The van der Waals surface area contributed by atoms with Crippen molar-refractivity contribution in [2.45, 2.75) is 269 Å². The van der Waals surface area contributed by atoms with Crippen LogP contribution >= 0.6 is 0 Å². The van der Waals surface area contributed by atoms with E-state index in [4.69, 9.17) is 18.9 Å². The standard InChI is InChI=1S/C55H100O12S/c1-3-5-7-9-11-13-15-17-19-21-23-24-25-27-29-31-33-35-37-39-41-43-45-63-47-49(48-64-55-53(59)54(67-68(60,61)62)52(58)50(46-56)66-55)65-51(57)44-42-40-38-36-34-32-30-28-26-22-20-18-16-14-12-10-8-6-4-2/h5,7,11,13,17,19,23-24,49-50,52-56,58-59H,3-4,6,8-10,12,14-16,18,20-22,25-48H2,1-2H3,(H,60,61,62)/b7-5-,13-11-,19-17-,24-23-. The van der Waals surface area contributed by atoms with Gasteiger partial charge in [0.15, 0.2) is 6.29 Å². The van der Waals surface area contributed by atoms with Gasteiger partial charge in [-0.25, -0.2) is 4.18 Å². The molecule has 68 heavy (non-hydrogen) atoms. The summed E-state index contributed by atoms with van der Waals surface area (Å²) in [5, 5.41) is 30.8. The maximum Gasteiger partial charge on any atom is 0.397 e. The minimum Gasteiger partial charge on any atom is -0.457 e. The molecule has 1 heterocycles. The van der Waals surface area contributed by atoms with E-state index in [1.807, 2.05) is 0 Å². The van der Waals surface area contributed by atoms with Crippen LogP contribution in [-0.2, 0) is 38.3 Å². The van der Waals surface area contributed by atoms with Gasteiger partial charge in [-0.15, -0.1) is 0 Å². The fourth-order valence-corrected chi connectivity index (χ4v) is 8.88. The number of ether oxygens (including phenoxy) is 4. The molecule has 6 atom stereocenters. The molecule has 398 valence electrons. The molecule has 4 N–H and O–H groups in total. The van der Waals surface area contributed by atoms with Gasteiger partial charge in [-0.3, -0.25) is 9.35 Å². The molecule has 1 aliphatic heterocycles. The van der Waals surface area contributed by atoms with E-state index in [1.54, 1.807) is 0 Å². The average molecular weight is 985 g/mol. The SMILES string of the molecule is CC/C=C\C/C=C\C/C=C\C/C=C\CCCCCCCCCCCOCC(COC1OC(CO)C(O)C(OS(=O)(=O)O)C1O)OC(=O)CCCCCCCCCCCCCCCCCCCCC. The van der Waals surface area contributed by atoms with Crippen molar-refractivity contribution in [1.82, 2.24) is 0 Å². The number of allylic oxidation sites excluding steroid dienone is 8. The quantitative estimate of drug-likeness (QED) is 0.0197. The van der Waals surface area contributed by atoms with E-state index in [0.29, 0.717) is 13.0 Å². The third-order valence-corrected chi connectivity index (χ3v) is 12.9. The van der Waals surface area contributed by atoms with E-state index in [1.165, 1.54) is 135 Å². The predicted molar refractivity (Wildman–Crippen MR) is 276 cm³/mol. The summed E-state index contributed by atoms with van der Waals surface area (Å²) in [7, 11) is -5.07. The van der Waals surface area contributed by atoms with Crippen molar-refractivity contribution in [3.8, 4) is 0 Å². The molecule has 1 rings (SSSR count). The Balaban J connectivity index is 2.32. The van der Waals surface area contributed by atoms with Gasteiger partial charge in [-0.2, -0.15) is 8.42 Å². The van der Waals surface area contributed by atoms with Gasteiger partial charge in [-0.05, 0) is 51.4 Å². The highest BCUT2D eigenvalue weighted by Crippen LogP contribution is 2.26. The third-order valence-electron chi connectivity index (χ3n) is 12.5. The summed E-state index contributed by atoms with van der Waals surface area (Å²) in [6, 6.07) is 0. The van der Waals surface area contributed by atoms with E-state index in [0.717, 1.165) is 70.6 Å². The smallest absolute Gasteiger partial charge is 0.397 e. The lowest BCUT2D eigenvalue weighted by molar-refractivity contribution is -0.301. The van der Waals surface area contributed by atoms with E-state index in [9.17, 15) is 33.1 Å². The lowest BCUT2D eigenvalue weighted by Crippen LogP contribution is -2.60. The number of carbonyl (C=O) groups excluding carboxylic acids is 1. The van der Waals surface area contributed by atoms with Gasteiger partial charge >= 0.3 is 16.4 Å². The first-order valence-corrected chi connectivity index (χ1v) is 28.8. The van der Waals surface area contributed by atoms with Crippen molar-refractivity contribution < 1.29 is 56.2 Å². The Labute approximate surface area is 415 Å². The van der Waals surface area contributed by atoms with Crippen molar-refractivity contribution in [1.29, 1.82) is 0 Å². The molecule has 0 amide bonds. The van der Waals surface area contributed by atoms with Crippen LogP contribution in [0.4, 0.5) is 0 Å². The molecular formula is C55H100O12S. The normalized spacial score (nSPS) is 19.6. The maximum absolute atomic E-state index is 12.9. The molecule has 0 aliphatic carbocycles. The van der Waals surface area contributed by atoms with Gasteiger partial charge < -0.3 is 34.3 Å². The molecule has 0 bridgehead atoms. The number of unbranched alkanes of at least 4 members (excludes halogenated alkanes) is 27. The van der Waals surface area contributed by atoms with Crippen LogP contribution in [0.3, 0.4) is 0 Å². The van der Waals surface area contributed by atoms with Crippen molar-refractivity contribution in [3.63, 3.8) is 0 Å². The van der Waals surface area contributed by atoms with E-state index in [-0.39, 0.29) is 19.6 Å². The second kappa shape index (κ2) is 46.2. The maximum atomic E-state index is 12.9. The van der Waals surface area contributed by atoms with Crippen LogP contribution in [0.5, 0.6) is 0 Å². The van der Waals surface area contributed by atoms with Gasteiger partial charge in [-0.1, -0.05) is 223 Å². The number of esters is 1. The summed E-state index contributed by atoms with van der Waals surface area (Å²) >= 11 is 0. The molecule has 6 unspecified atom stereocenters. The predicted octanol–water partition coefficient (Wildman–Crippen LogP) is 13.1. The van der Waals surface area contributed by atoms with E-state index < -0.39 is 59.8 Å². The summed E-state index contributed by atoms with van der Waals surface area (Å²) in [6.07, 6.45) is 48.5. The Kier molecular flexibility index (Phi) is 43.5. The number of hydrogen-bond donors (Lipinski definition) is 4. The molecule has 0 aromatic heterocycles. The fourth-order valence-electron chi connectivity index (χ4n) is 8.37. The van der Waals surface area contributed by atoms with Gasteiger partial charge in [0.1, 0.15) is 30.5 Å². The summed E-state index contributed by atoms with van der Waals surface area (Å²) in [5.74, 6) is -0.398. The lowest BCUT2D eigenvalue weighted by atomic mass is 9.99. The molecule has 13 heteroatoms. The van der Waals surface area contributed by atoms with Crippen molar-refractivity contribution >= 4 is 16.4 Å². The molecule has 0 saturated carbocycles. The average Bonchev–Trinajstić information content (AvgIpc) is 3.31.